The number of nitriles is 1. The molecule has 3 aliphatic rings. The number of ether oxygens (including phenoxy) is 1. The van der Waals surface area contributed by atoms with Crippen molar-refractivity contribution in [3.05, 3.63) is 53.1 Å². The van der Waals surface area contributed by atoms with Crippen LogP contribution in [0.15, 0.2) is 42.5 Å². The van der Waals surface area contributed by atoms with Gasteiger partial charge in [0, 0.05) is 30.4 Å². The average molecular weight is 451 g/mol. The van der Waals surface area contributed by atoms with E-state index in [2.05, 4.69) is 16.3 Å². The van der Waals surface area contributed by atoms with E-state index in [-0.39, 0.29) is 18.0 Å². The Morgan fingerprint density at radius 2 is 1.91 bits per heavy atom. The zero-order valence-electron chi connectivity index (χ0n) is 17.5. The minimum atomic E-state index is -0.874. The minimum absolute atomic E-state index is 0.0678. The molecule has 0 unspecified atom stereocenters. The normalized spacial score (nSPS) is 19.6. The van der Waals surface area contributed by atoms with Crippen LogP contribution in [0.5, 0.6) is 0 Å². The lowest BCUT2D eigenvalue weighted by Crippen LogP contribution is -2.49. The summed E-state index contributed by atoms with van der Waals surface area (Å²) in [7, 11) is 0. The number of piperidine rings is 1. The minimum Gasteiger partial charge on any atom is -0.444 e. The van der Waals surface area contributed by atoms with Crippen molar-refractivity contribution in [1.29, 1.82) is 5.26 Å². The molecule has 32 heavy (non-hydrogen) atoms. The highest BCUT2D eigenvalue weighted by atomic mass is 35.5. The molecule has 1 saturated heterocycles. The summed E-state index contributed by atoms with van der Waals surface area (Å²) in [4.78, 5) is 28.8. The Balaban J connectivity index is 1.25. The van der Waals surface area contributed by atoms with Crippen LogP contribution in [0, 0.1) is 16.7 Å². The summed E-state index contributed by atoms with van der Waals surface area (Å²) in [5.74, 6) is -0.265. The Hall–Kier alpha value is -3.24. The number of rotatable bonds is 4. The molecule has 0 atom stereocenters. The van der Waals surface area contributed by atoms with Crippen LogP contribution in [0.3, 0.4) is 0 Å². The van der Waals surface area contributed by atoms with Gasteiger partial charge in [0.2, 0.25) is 5.91 Å². The molecular formula is C24H23ClN4O3. The van der Waals surface area contributed by atoms with Crippen molar-refractivity contribution in [3.8, 4) is 6.07 Å². The van der Waals surface area contributed by atoms with E-state index in [1.807, 2.05) is 36.4 Å². The number of nitrogens with zero attached hydrogens (tertiary/aromatic N) is 3. The zero-order valence-corrected chi connectivity index (χ0v) is 18.3. The highest BCUT2D eigenvalue weighted by molar-refractivity contribution is 6.33. The summed E-state index contributed by atoms with van der Waals surface area (Å²) in [6.07, 6.45) is 2.51. The molecule has 0 bridgehead atoms. The third-order valence-electron chi connectivity index (χ3n) is 6.57. The van der Waals surface area contributed by atoms with Gasteiger partial charge < -0.3 is 15.0 Å². The summed E-state index contributed by atoms with van der Waals surface area (Å²) < 4.78 is 5.38. The van der Waals surface area contributed by atoms with E-state index in [1.165, 1.54) is 0 Å². The molecule has 1 N–H and O–H groups in total. The summed E-state index contributed by atoms with van der Waals surface area (Å²) in [6.45, 7) is 1.82. The van der Waals surface area contributed by atoms with E-state index in [4.69, 9.17) is 16.3 Å². The Bertz CT molecular complexity index is 1120. The van der Waals surface area contributed by atoms with Gasteiger partial charge in [0.25, 0.3) is 0 Å². The SMILES string of the molecule is N#CC1(C(=O)Nc2ccc(N3CCC(N4C(=O)OCc5ccccc54)CC3)c(Cl)c2)CC1. The molecule has 1 saturated carbocycles. The van der Waals surface area contributed by atoms with Crippen molar-refractivity contribution < 1.29 is 14.3 Å². The van der Waals surface area contributed by atoms with Gasteiger partial charge >= 0.3 is 6.09 Å². The fourth-order valence-corrected chi connectivity index (χ4v) is 4.79. The maximum absolute atomic E-state index is 12.5. The lowest BCUT2D eigenvalue weighted by molar-refractivity contribution is -0.119. The van der Waals surface area contributed by atoms with Crippen molar-refractivity contribution in [2.45, 2.75) is 38.3 Å². The molecular weight excluding hydrogens is 428 g/mol. The van der Waals surface area contributed by atoms with Gasteiger partial charge in [-0.3, -0.25) is 9.69 Å². The first-order chi connectivity index (χ1) is 15.5. The van der Waals surface area contributed by atoms with Crippen molar-refractivity contribution in [1.82, 2.24) is 0 Å². The van der Waals surface area contributed by atoms with E-state index in [0.717, 1.165) is 42.9 Å². The Morgan fingerprint density at radius 1 is 1.16 bits per heavy atom. The highest BCUT2D eigenvalue weighted by Gasteiger charge is 2.50. The monoisotopic (exact) mass is 450 g/mol. The van der Waals surface area contributed by atoms with Crippen molar-refractivity contribution in [3.63, 3.8) is 0 Å². The van der Waals surface area contributed by atoms with E-state index >= 15 is 0 Å². The molecule has 1 aliphatic carbocycles. The number of anilines is 3. The molecule has 5 rings (SSSR count). The van der Waals surface area contributed by atoms with Gasteiger partial charge in [0.15, 0.2) is 0 Å². The van der Waals surface area contributed by atoms with Crippen LogP contribution < -0.4 is 15.1 Å². The number of nitrogens with one attached hydrogen (secondary N) is 1. The van der Waals surface area contributed by atoms with Gasteiger partial charge in [-0.2, -0.15) is 5.26 Å². The number of carbonyl (C=O) groups excluding carboxylic acids is 2. The summed E-state index contributed by atoms with van der Waals surface area (Å²) in [5, 5.41) is 12.5. The van der Waals surface area contributed by atoms with Crippen LogP contribution in [-0.4, -0.2) is 31.1 Å². The maximum Gasteiger partial charge on any atom is 0.414 e. The average Bonchev–Trinajstić information content (AvgIpc) is 3.61. The maximum atomic E-state index is 12.5. The molecule has 2 aromatic rings. The van der Waals surface area contributed by atoms with Crippen LogP contribution in [0.2, 0.25) is 5.02 Å². The summed E-state index contributed by atoms with van der Waals surface area (Å²) in [5.41, 5.74) is 2.58. The molecule has 2 fully saturated rings. The quantitative estimate of drug-likeness (QED) is 0.729. The number of halogens is 1. The molecule has 2 heterocycles. The number of benzene rings is 2. The van der Waals surface area contributed by atoms with Crippen LogP contribution >= 0.6 is 11.6 Å². The van der Waals surface area contributed by atoms with Gasteiger partial charge in [-0.05, 0) is 49.9 Å². The molecule has 8 heteroatoms. The van der Waals surface area contributed by atoms with Gasteiger partial charge in [-0.25, -0.2) is 4.79 Å². The molecule has 164 valence electrons. The molecule has 0 aromatic heterocycles. The largest absolute Gasteiger partial charge is 0.444 e. The topological polar surface area (TPSA) is 85.7 Å². The van der Waals surface area contributed by atoms with Gasteiger partial charge in [-0.15, -0.1) is 0 Å². The second-order valence-corrected chi connectivity index (χ2v) is 8.99. The first-order valence-corrected chi connectivity index (χ1v) is 11.2. The predicted molar refractivity (Wildman–Crippen MR) is 122 cm³/mol. The number of hydrogen-bond acceptors (Lipinski definition) is 5. The van der Waals surface area contributed by atoms with E-state index in [1.54, 1.807) is 11.0 Å². The van der Waals surface area contributed by atoms with Crippen LogP contribution in [-0.2, 0) is 16.1 Å². The van der Waals surface area contributed by atoms with E-state index < -0.39 is 5.41 Å². The van der Waals surface area contributed by atoms with Crippen molar-refractivity contribution in [2.24, 2.45) is 5.41 Å². The molecule has 2 amide bonds. The van der Waals surface area contributed by atoms with Crippen LogP contribution in [0.4, 0.5) is 21.9 Å². The van der Waals surface area contributed by atoms with Crippen molar-refractivity contribution in [2.75, 3.05) is 28.2 Å². The molecule has 7 nitrogen and oxygen atoms in total. The number of cyclic esters (lactones) is 1. The second kappa shape index (κ2) is 8.03. The second-order valence-electron chi connectivity index (χ2n) is 8.59. The first kappa shape index (κ1) is 20.7. The number of amides is 2. The van der Waals surface area contributed by atoms with Gasteiger partial charge in [0.05, 0.1) is 22.5 Å². The number of para-hydroxylation sites is 1. The molecule has 0 spiro atoms. The fraction of sp³-hybridized carbons (Fsp3) is 0.375. The van der Waals surface area contributed by atoms with Crippen LogP contribution in [0.25, 0.3) is 0 Å². The van der Waals surface area contributed by atoms with E-state index in [0.29, 0.717) is 30.2 Å². The Kier molecular flexibility index (Phi) is 5.18. The third kappa shape index (κ3) is 3.65. The Labute approximate surface area is 191 Å². The number of fused-ring (bicyclic) bond motifs is 1. The lowest BCUT2D eigenvalue weighted by Gasteiger charge is -2.41. The molecule has 2 aliphatic heterocycles. The molecule has 2 aromatic carbocycles. The third-order valence-corrected chi connectivity index (χ3v) is 6.88. The zero-order chi connectivity index (χ0) is 22.3. The standard InChI is InChI=1S/C24H23ClN4O3/c25-19-13-17(27-22(30)24(15-26)9-10-24)5-6-21(19)28-11-7-18(8-12-28)29-20-4-2-1-3-16(20)14-32-23(29)31/h1-6,13,18H,7-12,14H2,(H,27,30). The number of carbonyl (C=O) groups is 2. The van der Waals surface area contributed by atoms with Crippen molar-refractivity contribution >= 4 is 40.7 Å². The lowest BCUT2D eigenvalue weighted by atomic mass is 10.00. The van der Waals surface area contributed by atoms with Crippen LogP contribution in [0.1, 0.15) is 31.2 Å². The van der Waals surface area contributed by atoms with E-state index in [9.17, 15) is 14.9 Å². The summed E-state index contributed by atoms with van der Waals surface area (Å²) >= 11 is 6.54. The highest BCUT2D eigenvalue weighted by Crippen LogP contribution is 2.46. The predicted octanol–water partition coefficient (Wildman–Crippen LogP) is 4.71. The van der Waals surface area contributed by atoms with Gasteiger partial charge in [0.1, 0.15) is 12.0 Å². The Morgan fingerprint density at radius 3 is 2.59 bits per heavy atom. The molecule has 0 radical (unpaired) electrons. The summed E-state index contributed by atoms with van der Waals surface area (Å²) in [6, 6.07) is 15.5. The fourth-order valence-electron chi connectivity index (χ4n) is 4.49. The van der Waals surface area contributed by atoms with Gasteiger partial charge in [-0.1, -0.05) is 29.8 Å². The number of hydrogen-bond donors (Lipinski definition) is 1. The first-order valence-electron chi connectivity index (χ1n) is 10.8. The smallest absolute Gasteiger partial charge is 0.414 e.